The van der Waals surface area contributed by atoms with Crippen molar-refractivity contribution >= 4 is 15.8 Å². The fraction of sp³-hybridized carbons (Fsp3) is 0.350. The second-order valence-electron chi connectivity index (χ2n) is 6.24. The summed E-state index contributed by atoms with van der Waals surface area (Å²) in [5.74, 6) is 0.350. The van der Waals surface area contributed by atoms with Gasteiger partial charge in [-0.05, 0) is 32.0 Å². The molecule has 0 aliphatic carbocycles. The zero-order valence-corrected chi connectivity index (χ0v) is 17.2. The minimum Gasteiger partial charge on any atom is -0.434 e. The van der Waals surface area contributed by atoms with Crippen molar-refractivity contribution in [3.05, 3.63) is 59.7 Å². The summed E-state index contributed by atoms with van der Waals surface area (Å²) >= 11 is 0. The van der Waals surface area contributed by atoms with Gasteiger partial charge in [0.2, 0.25) is 0 Å². The van der Waals surface area contributed by atoms with Gasteiger partial charge in [0.25, 0.3) is 0 Å². The molecule has 0 bridgehead atoms. The van der Waals surface area contributed by atoms with Crippen molar-refractivity contribution in [2.75, 3.05) is 18.8 Å². The highest BCUT2D eigenvalue weighted by molar-refractivity contribution is 7.91. The van der Waals surface area contributed by atoms with Crippen LogP contribution in [0.25, 0.3) is 0 Å². The largest absolute Gasteiger partial charge is 0.434 e. The van der Waals surface area contributed by atoms with Crippen LogP contribution in [0.3, 0.4) is 0 Å². The molecule has 0 atom stereocenters. The third-order valence-corrected chi connectivity index (χ3v) is 5.68. The molecule has 2 N–H and O–H groups in total. The van der Waals surface area contributed by atoms with Crippen LogP contribution >= 0.6 is 0 Å². The molecule has 9 heteroatoms. The first-order valence-electron chi connectivity index (χ1n) is 9.16. The zero-order valence-electron chi connectivity index (χ0n) is 16.4. The summed E-state index contributed by atoms with van der Waals surface area (Å²) in [7, 11) is -3.41. The van der Waals surface area contributed by atoms with E-state index in [-0.39, 0.29) is 29.5 Å². The molecule has 0 aliphatic heterocycles. The smallest absolute Gasteiger partial charge is 0.387 e. The molecule has 0 amide bonds. The standard InChI is InChI=1S/C20H25F2N3O3S/c1-3-23-20(24-11-12-29(26,27)17-7-5-4-6-8-17)25-14-16-13-15(2)9-10-18(16)28-19(21)22/h4-10,13,19H,3,11-12,14H2,1-2H3,(H2,23,24,25). The summed E-state index contributed by atoms with van der Waals surface area (Å²) in [5, 5.41) is 5.97. The minimum absolute atomic E-state index is 0.0665. The number of hydrogen-bond donors (Lipinski definition) is 2. The number of hydrogen-bond acceptors (Lipinski definition) is 4. The van der Waals surface area contributed by atoms with E-state index in [1.54, 1.807) is 42.5 Å². The number of ether oxygens (including phenoxy) is 1. The molecule has 0 radical (unpaired) electrons. The lowest BCUT2D eigenvalue weighted by Gasteiger charge is -2.13. The van der Waals surface area contributed by atoms with Crippen molar-refractivity contribution in [3.63, 3.8) is 0 Å². The Bertz CT molecular complexity index is 920. The highest BCUT2D eigenvalue weighted by Crippen LogP contribution is 2.22. The van der Waals surface area contributed by atoms with Crippen LogP contribution in [0.5, 0.6) is 5.75 Å². The number of alkyl halides is 2. The summed E-state index contributed by atoms with van der Waals surface area (Å²) in [5.41, 5.74) is 1.41. The third kappa shape index (κ3) is 7.34. The fourth-order valence-corrected chi connectivity index (χ4v) is 3.78. The van der Waals surface area contributed by atoms with E-state index in [1.807, 2.05) is 13.8 Å². The lowest BCUT2D eigenvalue weighted by molar-refractivity contribution is -0.0504. The Kier molecular flexibility index (Phi) is 8.38. The lowest BCUT2D eigenvalue weighted by atomic mass is 10.1. The molecular formula is C20H25F2N3O3S. The van der Waals surface area contributed by atoms with Gasteiger partial charge in [0.05, 0.1) is 17.2 Å². The highest BCUT2D eigenvalue weighted by atomic mass is 32.2. The summed E-state index contributed by atoms with van der Waals surface area (Å²) in [6.45, 7) is 1.61. The van der Waals surface area contributed by atoms with Gasteiger partial charge in [-0.1, -0.05) is 35.9 Å². The third-order valence-electron chi connectivity index (χ3n) is 3.95. The predicted molar refractivity (Wildman–Crippen MR) is 109 cm³/mol. The van der Waals surface area contributed by atoms with Crippen molar-refractivity contribution in [1.82, 2.24) is 10.6 Å². The molecule has 6 nitrogen and oxygen atoms in total. The number of halogens is 2. The van der Waals surface area contributed by atoms with Gasteiger partial charge in [0, 0.05) is 18.7 Å². The van der Waals surface area contributed by atoms with Crippen molar-refractivity contribution in [2.45, 2.75) is 31.9 Å². The quantitative estimate of drug-likeness (QED) is 0.477. The Balaban J connectivity index is 2.04. The van der Waals surface area contributed by atoms with Gasteiger partial charge in [0.15, 0.2) is 15.8 Å². The number of guanidine groups is 1. The molecule has 0 saturated carbocycles. The molecule has 0 spiro atoms. The van der Waals surface area contributed by atoms with Gasteiger partial charge in [-0.3, -0.25) is 0 Å². The molecule has 0 aromatic heterocycles. The van der Waals surface area contributed by atoms with Crippen molar-refractivity contribution in [1.29, 1.82) is 0 Å². The second-order valence-corrected chi connectivity index (χ2v) is 8.35. The maximum atomic E-state index is 12.6. The Morgan fingerprint density at radius 2 is 1.86 bits per heavy atom. The molecule has 2 aromatic rings. The normalized spacial score (nSPS) is 12.1. The number of benzene rings is 2. The molecule has 158 valence electrons. The van der Waals surface area contributed by atoms with Crippen molar-refractivity contribution in [2.24, 2.45) is 4.99 Å². The van der Waals surface area contributed by atoms with Crippen LogP contribution < -0.4 is 15.4 Å². The first kappa shape index (κ1) is 22.6. The zero-order chi connectivity index (χ0) is 21.3. The molecule has 0 fully saturated rings. The van der Waals surface area contributed by atoms with Gasteiger partial charge >= 0.3 is 6.61 Å². The average Bonchev–Trinajstić information content (AvgIpc) is 2.68. The Hall–Kier alpha value is -2.68. The molecule has 2 aromatic carbocycles. The summed E-state index contributed by atoms with van der Waals surface area (Å²) in [4.78, 5) is 4.62. The van der Waals surface area contributed by atoms with E-state index < -0.39 is 16.4 Å². The Morgan fingerprint density at radius 3 is 2.52 bits per heavy atom. The fourth-order valence-electron chi connectivity index (χ4n) is 2.60. The van der Waals surface area contributed by atoms with E-state index >= 15 is 0 Å². The van der Waals surface area contributed by atoms with Crippen LogP contribution in [0.15, 0.2) is 58.4 Å². The number of nitrogens with one attached hydrogen (secondary N) is 2. The van der Waals surface area contributed by atoms with Crippen LogP contribution in [0.2, 0.25) is 0 Å². The Morgan fingerprint density at radius 1 is 1.14 bits per heavy atom. The van der Waals surface area contributed by atoms with Crippen LogP contribution in [0.1, 0.15) is 18.1 Å². The van der Waals surface area contributed by atoms with Crippen LogP contribution in [0, 0.1) is 6.92 Å². The number of nitrogens with zero attached hydrogens (tertiary/aromatic N) is 1. The first-order chi connectivity index (χ1) is 13.8. The number of rotatable bonds is 9. The number of aliphatic imine (C=N–C) groups is 1. The van der Waals surface area contributed by atoms with Crippen molar-refractivity contribution in [3.8, 4) is 5.75 Å². The van der Waals surface area contributed by atoms with E-state index in [4.69, 9.17) is 0 Å². The van der Waals surface area contributed by atoms with E-state index in [2.05, 4.69) is 20.4 Å². The van der Waals surface area contributed by atoms with E-state index in [9.17, 15) is 17.2 Å². The van der Waals surface area contributed by atoms with Crippen LogP contribution in [-0.2, 0) is 16.4 Å². The van der Waals surface area contributed by atoms with Gasteiger partial charge in [-0.2, -0.15) is 8.78 Å². The average molecular weight is 426 g/mol. The van der Waals surface area contributed by atoms with E-state index in [0.717, 1.165) is 5.56 Å². The number of aryl methyl sites for hydroxylation is 1. The topological polar surface area (TPSA) is 79.8 Å². The van der Waals surface area contributed by atoms with Gasteiger partial charge in [-0.25, -0.2) is 13.4 Å². The molecule has 0 saturated heterocycles. The molecule has 0 heterocycles. The minimum atomic E-state index is -3.41. The van der Waals surface area contributed by atoms with Crippen molar-refractivity contribution < 1.29 is 21.9 Å². The van der Waals surface area contributed by atoms with E-state index in [1.165, 1.54) is 6.07 Å². The summed E-state index contributed by atoms with van der Waals surface area (Å²) in [6.07, 6.45) is 0. The maximum absolute atomic E-state index is 12.6. The first-order valence-corrected chi connectivity index (χ1v) is 10.8. The Labute approximate surface area is 169 Å². The molecule has 29 heavy (non-hydrogen) atoms. The van der Waals surface area contributed by atoms with Gasteiger partial charge in [-0.15, -0.1) is 0 Å². The maximum Gasteiger partial charge on any atom is 0.387 e. The van der Waals surface area contributed by atoms with Crippen LogP contribution in [-0.4, -0.2) is 39.8 Å². The summed E-state index contributed by atoms with van der Waals surface area (Å²) in [6, 6.07) is 13.1. The molecular weight excluding hydrogens is 400 g/mol. The monoisotopic (exact) mass is 425 g/mol. The lowest BCUT2D eigenvalue weighted by Crippen LogP contribution is -2.39. The predicted octanol–water partition coefficient (Wildman–Crippen LogP) is 3.13. The van der Waals surface area contributed by atoms with Crippen LogP contribution in [0.4, 0.5) is 8.78 Å². The van der Waals surface area contributed by atoms with E-state index in [0.29, 0.717) is 18.1 Å². The van der Waals surface area contributed by atoms with Gasteiger partial charge < -0.3 is 15.4 Å². The SMILES string of the molecule is CCNC(=NCc1cc(C)ccc1OC(F)F)NCCS(=O)(=O)c1ccccc1. The van der Waals surface area contributed by atoms with Gasteiger partial charge in [0.1, 0.15) is 5.75 Å². The molecule has 0 aliphatic rings. The highest BCUT2D eigenvalue weighted by Gasteiger charge is 2.14. The molecule has 2 rings (SSSR count). The summed E-state index contributed by atoms with van der Waals surface area (Å²) < 4.78 is 54.4. The molecule has 0 unspecified atom stereocenters. The number of sulfone groups is 1. The second kappa shape index (κ2) is 10.8.